The molecule has 0 unspecified atom stereocenters. The fourth-order valence-electron chi connectivity index (χ4n) is 1.69. The van der Waals surface area contributed by atoms with Crippen molar-refractivity contribution in [2.75, 3.05) is 11.9 Å². The van der Waals surface area contributed by atoms with Gasteiger partial charge in [-0.2, -0.15) is 0 Å². The van der Waals surface area contributed by atoms with E-state index in [1.807, 2.05) is 31.2 Å². The molecule has 1 aliphatic rings. The van der Waals surface area contributed by atoms with Crippen LogP contribution in [0.15, 0.2) is 36.0 Å². The van der Waals surface area contributed by atoms with Crippen molar-refractivity contribution in [2.24, 2.45) is 0 Å². The molecule has 0 bridgehead atoms. The van der Waals surface area contributed by atoms with Crippen LogP contribution in [-0.4, -0.2) is 23.3 Å². The Bertz CT molecular complexity index is 489. The van der Waals surface area contributed by atoms with Crippen molar-refractivity contribution in [1.82, 2.24) is 4.90 Å². The number of imide groups is 1. The van der Waals surface area contributed by atoms with E-state index >= 15 is 0 Å². The Morgan fingerprint density at radius 1 is 1.18 bits per heavy atom. The molecule has 0 atom stereocenters. The number of hydrogen-bond donors (Lipinski definition) is 1. The summed E-state index contributed by atoms with van der Waals surface area (Å²) in [6.07, 6.45) is 1.34. The lowest BCUT2D eigenvalue weighted by Crippen LogP contribution is -2.31. The highest BCUT2D eigenvalue weighted by Crippen LogP contribution is 2.17. The minimum atomic E-state index is -0.266. The van der Waals surface area contributed by atoms with Gasteiger partial charge < -0.3 is 5.32 Å². The molecule has 0 saturated carbocycles. The number of aryl methyl sites for hydroxylation is 1. The maximum atomic E-state index is 11.8. The van der Waals surface area contributed by atoms with Gasteiger partial charge in [0.05, 0.1) is 0 Å². The van der Waals surface area contributed by atoms with E-state index in [4.69, 9.17) is 0 Å². The van der Waals surface area contributed by atoms with Crippen LogP contribution in [-0.2, 0) is 9.59 Å². The maximum Gasteiger partial charge on any atom is 0.277 e. The predicted molar refractivity (Wildman–Crippen MR) is 65.3 cm³/mol. The first kappa shape index (κ1) is 11.4. The van der Waals surface area contributed by atoms with Gasteiger partial charge in [-0.25, -0.2) is 0 Å². The van der Waals surface area contributed by atoms with Gasteiger partial charge in [-0.1, -0.05) is 17.7 Å². The van der Waals surface area contributed by atoms with Gasteiger partial charge in [0.2, 0.25) is 0 Å². The number of hydrogen-bond acceptors (Lipinski definition) is 3. The molecule has 1 N–H and O–H groups in total. The average Bonchev–Trinajstić information content (AvgIpc) is 2.57. The van der Waals surface area contributed by atoms with Crippen LogP contribution in [0, 0.1) is 6.92 Å². The Kier molecular flexibility index (Phi) is 2.95. The first-order valence-electron chi connectivity index (χ1n) is 5.53. The van der Waals surface area contributed by atoms with Gasteiger partial charge in [0.25, 0.3) is 11.8 Å². The Balaban J connectivity index is 2.15. The summed E-state index contributed by atoms with van der Waals surface area (Å²) in [6.45, 7) is 4.16. The van der Waals surface area contributed by atoms with Crippen molar-refractivity contribution in [3.05, 3.63) is 41.6 Å². The van der Waals surface area contributed by atoms with Crippen LogP contribution in [0.4, 0.5) is 5.69 Å². The van der Waals surface area contributed by atoms with Crippen LogP contribution in [0.5, 0.6) is 0 Å². The molecule has 1 aromatic carbocycles. The summed E-state index contributed by atoms with van der Waals surface area (Å²) in [7, 11) is 0. The molecule has 0 fully saturated rings. The lowest BCUT2D eigenvalue weighted by Gasteiger charge is -2.12. The number of anilines is 1. The van der Waals surface area contributed by atoms with E-state index in [9.17, 15) is 9.59 Å². The highest BCUT2D eigenvalue weighted by Gasteiger charge is 2.29. The van der Waals surface area contributed by atoms with Crippen molar-refractivity contribution in [1.29, 1.82) is 0 Å². The first-order valence-corrected chi connectivity index (χ1v) is 5.53. The summed E-state index contributed by atoms with van der Waals surface area (Å²) in [6, 6.07) is 7.65. The normalized spacial score (nSPS) is 15.2. The molecule has 0 radical (unpaired) electrons. The number of likely N-dealkylation sites (N-methyl/N-ethyl adjacent to an activating group) is 1. The molecule has 88 valence electrons. The molecule has 0 saturated heterocycles. The van der Waals surface area contributed by atoms with E-state index in [0.717, 1.165) is 11.3 Å². The molecular weight excluding hydrogens is 216 g/mol. The van der Waals surface area contributed by atoms with Crippen molar-refractivity contribution in [3.8, 4) is 0 Å². The summed E-state index contributed by atoms with van der Waals surface area (Å²) >= 11 is 0. The summed E-state index contributed by atoms with van der Waals surface area (Å²) in [5.41, 5.74) is 2.29. The molecule has 4 heteroatoms. The van der Waals surface area contributed by atoms with Crippen LogP contribution in [0.1, 0.15) is 12.5 Å². The molecule has 2 amide bonds. The second-order valence-corrected chi connectivity index (χ2v) is 3.94. The second-order valence-electron chi connectivity index (χ2n) is 3.94. The first-order chi connectivity index (χ1) is 8.11. The Labute approximate surface area is 99.9 Å². The van der Waals surface area contributed by atoms with Crippen molar-refractivity contribution >= 4 is 17.5 Å². The minimum absolute atomic E-state index is 0.257. The topological polar surface area (TPSA) is 49.4 Å². The van der Waals surface area contributed by atoms with E-state index in [1.54, 1.807) is 6.92 Å². The van der Waals surface area contributed by atoms with Crippen LogP contribution in [0.3, 0.4) is 0 Å². The van der Waals surface area contributed by atoms with Gasteiger partial charge in [-0.05, 0) is 26.0 Å². The fourth-order valence-corrected chi connectivity index (χ4v) is 1.69. The number of carbonyl (C=O) groups is 2. The second kappa shape index (κ2) is 4.41. The minimum Gasteiger partial charge on any atom is -0.351 e. The molecule has 1 aromatic rings. The monoisotopic (exact) mass is 230 g/mol. The zero-order valence-corrected chi connectivity index (χ0v) is 9.86. The molecule has 1 heterocycles. The summed E-state index contributed by atoms with van der Waals surface area (Å²) in [5.74, 6) is -0.523. The Morgan fingerprint density at radius 3 is 2.35 bits per heavy atom. The molecule has 2 rings (SSSR count). The van der Waals surface area contributed by atoms with Gasteiger partial charge in [-0.3, -0.25) is 14.5 Å². The molecule has 1 aliphatic heterocycles. The highest BCUT2D eigenvalue weighted by molar-refractivity contribution is 6.17. The zero-order valence-electron chi connectivity index (χ0n) is 9.86. The molecule has 0 aromatic heterocycles. The van der Waals surface area contributed by atoms with Crippen LogP contribution < -0.4 is 5.32 Å². The quantitative estimate of drug-likeness (QED) is 0.804. The third-order valence-electron chi connectivity index (χ3n) is 2.66. The SMILES string of the molecule is CCN1C(=O)C=C(Nc2ccc(C)cc2)C1=O. The standard InChI is InChI=1S/C13H14N2O2/c1-3-15-12(16)8-11(13(15)17)14-10-6-4-9(2)5-7-10/h4-8,14H,3H2,1-2H3. The molecule has 17 heavy (non-hydrogen) atoms. The van der Waals surface area contributed by atoms with Gasteiger partial charge in [0.1, 0.15) is 5.70 Å². The number of nitrogens with one attached hydrogen (secondary N) is 1. The van der Waals surface area contributed by atoms with Gasteiger partial charge in [-0.15, -0.1) is 0 Å². The van der Waals surface area contributed by atoms with E-state index in [0.29, 0.717) is 12.2 Å². The lowest BCUT2D eigenvalue weighted by molar-refractivity contribution is -0.136. The highest BCUT2D eigenvalue weighted by atomic mass is 16.2. The van der Waals surface area contributed by atoms with Gasteiger partial charge in [0, 0.05) is 18.3 Å². The summed E-state index contributed by atoms with van der Waals surface area (Å²) in [5, 5.41) is 2.96. The van der Waals surface area contributed by atoms with Crippen molar-refractivity contribution in [3.63, 3.8) is 0 Å². The van der Waals surface area contributed by atoms with Crippen LogP contribution in [0.2, 0.25) is 0 Å². The van der Waals surface area contributed by atoms with E-state index in [-0.39, 0.29) is 11.8 Å². The molecule has 4 nitrogen and oxygen atoms in total. The smallest absolute Gasteiger partial charge is 0.277 e. The van der Waals surface area contributed by atoms with Crippen molar-refractivity contribution in [2.45, 2.75) is 13.8 Å². The maximum absolute atomic E-state index is 11.8. The summed E-state index contributed by atoms with van der Waals surface area (Å²) < 4.78 is 0. The van der Waals surface area contributed by atoms with Crippen LogP contribution >= 0.6 is 0 Å². The van der Waals surface area contributed by atoms with Gasteiger partial charge in [0.15, 0.2) is 0 Å². The number of rotatable bonds is 3. The number of carbonyl (C=O) groups excluding carboxylic acids is 2. The third-order valence-corrected chi connectivity index (χ3v) is 2.66. The largest absolute Gasteiger partial charge is 0.351 e. The number of benzene rings is 1. The van der Waals surface area contributed by atoms with Gasteiger partial charge >= 0.3 is 0 Å². The van der Waals surface area contributed by atoms with E-state index < -0.39 is 0 Å². The predicted octanol–water partition coefficient (Wildman–Crippen LogP) is 1.68. The molecular formula is C13H14N2O2. The zero-order chi connectivity index (χ0) is 12.4. The van der Waals surface area contributed by atoms with E-state index in [1.165, 1.54) is 11.0 Å². The fraction of sp³-hybridized carbons (Fsp3) is 0.231. The molecule has 0 aliphatic carbocycles. The van der Waals surface area contributed by atoms with Crippen LogP contribution in [0.25, 0.3) is 0 Å². The Hall–Kier alpha value is -2.10. The third kappa shape index (κ3) is 2.20. The lowest BCUT2D eigenvalue weighted by atomic mass is 10.2. The number of nitrogens with zero attached hydrogens (tertiary/aromatic N) is 1. The van der Waals surface area contributed by atoms with E-state index in [2.05, 4.69) is 5.32 Å². The Morgan fingerprint density at radius 2 is 1.82 bits per heavy atom. The van der Waals surface area contributed by atoms with Crippen molar-refractivity contribution < 1.29 is 9.59 Å². The summed E-state index contributed by atoms with van der Waals surface area (Å²) in [4.78, 5) is 24.5. The number of amides is 2. The molecule has 0 spiro atoms. The average molecular weight is 230 g/mol.